The summed E-state index contributed by atoms with van der Waals surface area (Å²) in [5.41, 5.74) is 0.120. The van der Waals surface area contributed by atoms with Crippen molar-refractivity contribution in [3.63, 3.8) is 0 Å². The van der Waals surface area contributed by atoms with Crippen LogP contribution in [-0.4, -0.2) is 21.3 Å². The fourth-order valence-corrected chi connectivity index (χ4v) is 0.827. The number of nitrogens with zero attached hydrogens (tertiary/aromatic N) is 2. The Morgan fingerprint density at radius 2 is 2.10 bits per heavy atom. The summed E-state index contributed by atoms with van der Waals surface area (Å²) in [4.78, 5) is 10.3. The lowest BCUT2D eigenvalue weighted by atomic mass is 10.3. The SMILES string of the molecule is O=C(O)c1cnncc1Br. The van der Waals surface area contributed by atoms with Crippen molar-refractivity contribution in [2.24, 2.45) is 0 Å². The number of carbonyl (C=O) groups is 1. The van der Waals surface area contributed by atoms with Crippen LogP contribution >= 0.6 is 15.9 Å². The normalized spacial score (nSPS) is 9.30. The number of carboxylic acids is 1. The fourth-order valence-electron chi connectivity index (χ4n) is 0.464. The van der Waals surface area contributed by atoms with E-state index in [-0.39, 0.29) is 5.56 Å². The minimum Gasteiger partial charge on any atom is -0.478 e. The van der Waals surface area contributed by atoms with Gasteiger partial charge in [0, 0.05) is 0 Å². The van der Waals surface area contributed by atoms with Crippen LogP contribution in [0, 0.1) is 0 Å². The molecule has 0 atom stereocenters. The molecule has 1 heterocycles. The third kappa shape index (κ3) is 1.30. The summed E-state index contributed by atoms with van der Waals surface area (Å²) in [5.74, 6) is -1.01. The molecule has 4 nitrogen and oxygen atoms in total. The van der Waals surface area contributed by atoms with Crippen LogP contribution in [0.25, 0.3) is 0 Å². The molecule has 0 radical (unpaired) electrons. The number of hydrogen-bond acceptors (Lipinski definition) is 3. The molecule has 5 heteroatoms. The minimum absolute atomic E-state index is 0.120. The predicted octanol–water partition coefficient (Wildman–Crippen LogP) is 0.937. The molecule has 0 aliphatic carbocycles. The molecule has 0 amide bonds. The van der Waals surface area contributed by atoms with Crippen LogP contribution in [0.3, 0.4) is 0 Å². The van der Waals surface area contributed by atoms with Gasteiger partial charge in [-0.1, -0.05) is 0 Å². The Balaban J connectivity index is 3.15. The lowest BCUT2D eigenvalue weighted by Crippen LogP contribution is -1.98. The first-order valence-electron chi connectivity index (χ1n) is 2.41. The van der Waals surface area contributed by atoms with E-state index in [2.05, 4.69) is 26.1 Å². The molecule has 0 fully saturated rings. The Kier molecular flexibility index (Phi) is 1.96. The van der Waals surface area contributed by atoms with Crippen molar-refractivity contribution in [2.45, 2.75) is 0 Å². The molecule has 0 saturated carbocycles. The summed E-state index contributed by atoms with van der Waals surface area (Å²) in [5, 5.41) is 15.3. The quantitative estimate of drug-likeness (QED) is 0.737. The van der Waals surface area contributed by atoms with Crippen LogP contribution in [0.4, 0.5) is 0 Å². The smallest absolute Gasteiger partial charge is 0.338 e. The minimum atomic E-state index is -1.01. The van der Waals surface area contributed by atoms with Gasteiger partial charge in [0.15, 0.2) is 0 Å². The van der Waals surface area contributed by atoms with Gasteiger partial charge in [-0.05, 0) is 15.9 Å². The molecule has 1 aromatic rings. The average molecular weight is 203 g/mol. The summed E-state index contributed by atoms with van der Waals surface area (Å²) in [6, 6.07) is 0. The van der Waals surface area contributed by atoms with E-state index in [9.17, 15) is 4.79 Å². The van der Waals surface area contributed by atoms with Crippen LogP contribution in [0.1, 0.15) is 10.4 Å². The second-order valence-corrected chi connectivity index (χ2v) is 2.41. The van der Waals surface area contributed by atoms with Crippen LogP contribution in [-0.2, 0) is 0 Å². The highest BCUT2D eigenvalue weighted by molar-refractivity contribution is 9.10. The van der Waals surface area contributed by atoms with Crippen LogP contribution in [0.15, 0.2) is 16.9 Å². The Hall–Kier alpha value is -0.970. The van der Waals surface area contributed by atoms with Gasteiger partial charge in [-0.25, -0.2) is 4.79 Å². The molecule has 1 N–H and O–H groups in total. The monoisotopic (exact) mass is 202 g/mol. The van der Waals surface area contributed by atoms with Gasteiger partial charge in [0.25, 0.3) is 0 Å². The van der Waals surface area contributed by atoms with E-state index in [1.54, 1.807) is 0 Å². The Bertz CT molecular complexity index is 264. The third-order valence-corrected chi connectivity index (χ3v) is 1.54. The second-order valence-electron chi connectivity index (χ2n) is 1.56. The number of hydrogen-bond donors (Lipinski definition) is 1. The van der Waals surface area contributed by atoms with Crippen LogP contribution in [0.2, 0.25) is 0 Å². The molecule has 0 aliphatic heterocycles. The molecule has 0 aromatic carbocycles. The molecule has 0 aliphatic rings. The number of rotatable bonds is 1. The highest BCUT2D eigenvalue weighted by Gasteiger charge is 2.06. The van der Waals surface area contributed by atoms with Crippen molar-refractivity contribution in [3.05, 3.63) is 22.4 Å². The second kappa shape index (κ2) is 2.74. The van der Waals surface area contributed by atoms with Gasteiger partial charge in [-0.3, -0.25) is 0 Å². The van der Waals surface area contributed by atoms with Gasteiger partial charge in [-0.2, -0.15) is 10.2 Å². The lowest BCUT2D eigenvalue weighted by Gasteiger charge is -1.92. The van der Waals surface area contributed by atoms with Crippen molar-refractivity contribution in [1.29, 1.82) is 0 Å². The first-order chi connectivity index (χ1) is 4.72. The maximum Gasteiger partial charge on any atom is 0.338 e. The molecule has 0 spiro atoms. The van der Waals surface area contributed by atoms with Crippen LogP contribution in [0.5, 0.6) is 0 Å². The molecule has 0 unspecified atom stereocenters. The summed E-state index contributed by atoms with van der Waals surface area (Å²) >= 11 is 3.01. The van der Waals surface area contributed by atoms with E-state index in [0.29, 0.717) is 4.47 Å². The standard InChI is InChI=1S/C5H3BrN2O2/c6-4-2-8-7-1-3(4)5(9)10/h1-2H,(H,9,10). The maximum atomic E-state index is 10.3. The zero-order chi connectivity index (χ0) is 7.56. The summed E-state index contributed by atoms with van der Waals surface area (Å²) in [6.45, 7) is 0. The fraction of sp³-hybridized carbons (Fsp3) is 0. The molecule has 10 heavy (non-hydrogen) atoms. The van der Waals surface area contributed by atoms with Gasteiger partial charge in [-0.15, -0.1) is 0 Å². The Morgan fingerprint density at radius 1 is 1.50 bits per heavy atom. The number of aromatic nitrogens is 2. The molecule has 1 rings (SSSR count). The topological polar surface area (TPSA) is 63.1 Å². The zero-order valence-electron chi connectivity index (χ0n) is 4.78. The zero-order valence-corrected chi connectivity index (χ0v) is 6.37. The van der Waals surface area contributed by atoms with E-state index in [0.717, 1.165) is 0 Å². The first-order valence-corrected chi connectivity index (χ1v) is 3.20. The Morgan fingerprint density at radius 3 is 2.50 bits per heavy atom. The molecule has 1 aromatic heterocycles. The van der Waals surface area contributed by atoms with E-state index in [1.807, 2.05) is 0 Å². The average Bonchev–Trinajstić information content (AvgIpc) is 1.88. The summed E-state index contributed by atoms with van der Waals surface area (Å²) in [7, 11) is 0. The number of aromatic carboxylic acids is 1. The molecule has 0 bridgehead atoms. The van der Waals surface area contributed by atoms with Gasteiger partial charge >= 0.3 is 5.97 Å². The predicted molar refractivity (Wildman–Crippen MR) is 36.7 cm³/mol. The molecule has 0 saturated heterocycles. The highest BCUT2D eigenvalue weighted by Crippen LogP contribution is 2.12. The highest BCUT2D eigenvalue weighted by atomic mass is 79.9. The van der Waals surface area contributed by atoms with Crippen molar-refractivity contribution in [2.75, 3.05) is 0 Å². The van der Waals surface area contributed by atoms with Crippen LogP contribution < -0.4 is 0 Å². The Labute approximate surface area is 65.0 Å². The molecular formula is C5H3BrN2O2. The number of halogens is 1. The third-order valence-electron chi connectivity index (χ3n) is 0.912. The van der Waals surface area contributed by atoms with Crippen molar-refractivity contribution >= 4 is 21.9 Å². The number of carboxylic acid groups (broad SMARTS) is 1. The van der Waals surface area contributed by atoms with E-state index >= 15 is 0 Å². The van der Waals surface area contributed by atoms with Gasteiger partial charge in [0.05, 0.1) is 22.4 Å². The van der Waals surface area contributed by atoms with Gasteiger partial charge in [0.1, 0.15) is 0 Å². The van der Waals surface area contributed by atoms with Gasteiger partial charge in [0.2, 0.25) is 0 Å². The van der Waals surface area contributed by atoms with E-state index in [1.165, 1.54) is 12.4 Å². The molecular weight excluding hydrogens is 200 g/mol. The summed E-state index contributed by atoms with van der Waals surface area (Å²) < 4.78 is 0.440. The summed E-state index contributed by atoms with van der Waals surface area (Å²) in [6.07, 6.45) is 2.52. The van der Waals surface area contributed by atoms with E-state index < -0.39 is 5.97 Å². The largest absolute Gasteiger partial charge is 0.478 e. The maximum absolute atomic E-state index is 10.3. The van der Waals surface area contributed by atoms with Crippen molar-refractivity contribution < 1.29 is 9.90 Å². The molecule has 52 valence electrons. The van der Waals surface area contributed by atoms with Crippen molar-refractivity contribution in [3.8, 4) is 0 Å². The van der Waals surface area contributed by atoms with E-state index in [4.69, 9.17) is 5.11 Å². The first kappa shape index (κ1) is 7.14. The van der Waals surface area contributed by atoms with Gasteiger partial charge < -0.3 is 5.11 Å². The van der Waals surface area contributed by atoms with Crippen molar-refractivity contribution in [1.82, 2.24) is 10.2 Å². The lowest BCUT2D eigenvalue weighted by molar-refractivity contribution is 0.0695.